The third kappa shape index (κ3) is 4.23. The lowest BCUT2D eigenvalue weighted by Crippen LogP contribution is -2.37. The van der Waals surface area contributed by atoms with Crippen molar-refractivity contribution in [2.75, 3.05) is 25.0 Å². The molecule has 1 fully saturated rings. The van der Waals surface area contributed by atoms with E-state index in [1.807, 2.05) is 37.3 Å². The molecule has 2 N–H and O–H groups in total. The maximum Gasteiger partial charge on any atom is 0.251 e. The summed E-state index contributed by atoms with van der Waals surface area (Å²) in [6.45, 7) is 4.86. The minimum atomic E-state index is -0.117. The van der Waals surface area contributed by atoms with Gasteiger partial charge in [-0.25, -0.2) is 0 Å². The molecule has 0 spiro atoms. The molecule has 1 saturated heterocycles. The largest absolute Gasteiger partial charge is 0.344 e. The predicted octanol–water partition coefficient (Wildman–Crippen LogP) is 3.69. The number of benzene rings is 2. The number of nitrogens with one attached hydrogen (secondary N) is 2. The summed E-state index contributed by atoms with van der Waals surface area (Å²) in [5, 5.41) is 5.99. The SMILES string of the molecule is CC1Sc2ccc(C(=O)NC(CN3CCCC3)c3ccccc3)cc2NC1=O. The van der Waals surface area contributed by atoms with E-state index in [1.165, 1.54) is 24.6 Å². The van der Waals surface area contributed by atoms with Gasteiger partial charge in [0, 0.05) is 17.0 Å². The van der Waals surface area contributed by atoms with Gasteiger partial charge in [-0.05, 0) is 56.6 Å². The minimum Gasteiger partial charge on any atom is -0.344 e. The van der Waals surface area contributed by atoms with Gasteiger partial charge in [-0.1, -0.05) is 30.3 Å². The van der Waals surface area contributed by atoms with Crippen molar-refractivity contribution in [3.05, 3.63) is 59.7 Å². The second-order valence-corrected chi connectivity index (χ2v) is 8.79. The average Bonchev–Trinajstić information content (AvgIpc) is 3.22. The smallest absolute Gasteiger partial charge is 0.251 e. The molecule has 0 aliphatic carbocycles. The topological polar surface area (TPSA) is 61.4 Å². The fraction of sp³-hybridized carbons (Fsp3) is 0.364. The summed E-state index contributed by atoms with van der Waals surface area (Å²) >= 11 is 1.52. The molecule has 2 aromatic rings. The number of carbonyl (C=O) groups is 2. The molecule has 28 heavy (non-hydrogen) atoms. The zero-order chi connectivity index (χ0) is 19.5. The first kappa shape index (κ1) is 19.0. The maximum absolute atomic E-state index is 13.0. The van der Waals surface area contributed by atoms with Crippen LogP contribution in [0.3, 0.4) is 0 Å². The van der Waals surface area contributed by atoms with Crippen molar-refractivity contribution >= 4 is 29.3 Å². The summed E-state index contributed by atoms with van der Waals surface area (Å²) in [4.78, 5) is 28.3. The van der Waals surface area contributed by atoms with Gasteiger partial charge < -0.3 is 15.5 Å². The van der Waals surface area contributed by atoms with Gasteiger partial charge in [0.1, 0.15) is 0 Å². The van der Waals surface area contributed by atoms with Crippen molar-refractivity contribution in [2.24, 2.45) is 0 Å². The number of hydrogen-bond acceptors (Lipinski definition) is 4. The van der Waals surface area contributed by atoms with Gasteiger partial charge in [0.2, 0.25) is 5.91 Å². The van der Waals surface area contributed by atoms with Crippen LogP contribution in [-0.4, -0.2) is 41.6 Å². The van der Waals surface area contributed by atoms with E-state index in [1.54, 1.807) is 6.07 Å². The Balaban J connectivity index is 1.52. The summed E-state index contributed by atoms with van der Waals surface area (Å²) in [6.07, 6.45) is 2.44. The number of fused-ring (bicyclic) bond motifs is 1. The highest BCUT2D eigenvalue weighted by molar-refractivity contribution is 8.00. The predicted molar refractivity (Wildman–Crippen MR) is 113 cm³/mol. The van der Waals surface area contributed by atoms with Gasteiger partial charge in [0.05, 0.1) is 17.0 Å². The third-order valence-corrected chi connectivity index (χ3v) is 6.50. The molecular formula is C22H25N3O2S. The molecule has 6 heteroatoms. The lowest BCUT2D eigenvalue weighted by Gasteiger charge is -2.25. The highest BCUT2D eigenvalue weighted by atomic mass is 32.2. The fourth-order valence-corrected chi connectivity index (χ4v) is 4.67. The molecule has 2 aromatic carbocycles. The molecule has 4 rings (SSSR count). The summed E-state index contributed by atoms with van der Waals surface area (Å²) in [5.41, 5.74) is 2.39. The van der Waals surface area contributed by atoms with Crippen molar-refractivity contribution in [3.8, 4) is 0 Å². The van der Waals surface area contributed by atoms with Crippen LogP contribution in [0.1, 0.15) is 41.7 Å². The average molecular weight is 396 g/mol. The number of likely N-dealkylation sites (tertiary alicyclic amines) is 1. The van der Waals surface area contributed by atoms with Gasteiger partial charge in [0.25, 0.3) is 5.91 Å². The van der Waals surface area contributed by atoms with Crippen molar-refractivity contribution in [3.63, 3.8) is 0 Å². The van der Waals surface area contributed by atoms with E-state index in [0.29, 0.717) is 5.56 Å². The van der Waals surface area contributed by atoms with Crippen LogP contribution in [0.5, 0.6) is 0 Å². The van der Waals surface area contributed by atoms with Gasteiger partial charge in [-0.15, -0.1) is 11.8 Å². The van der Waals surface area contributed by atoms with Crippen molar-refractivity contribution in [2.45, 2.75) is 36.0 Å². The zero-order valence-electron chi connectivity index (χ0n) is 16.0. The molecule has 2 heterocycles. The van der Waals surface area contributed by atoms with Crippen LogP contribution in [-0.2, 0) is 4.79 Å². The number of amides is 2. The maximum atomic E-state index is 13.0. The first-order chi connectivity index (χ1) is 13.6. The molecule has 2 aliphatic rings. The lowest BCUT2D eigenvalue weighted by molar-refractivity contribution is -0.115. The van der Waals surface area contributed by atoms with Crippen LogP contribution in [0, 0.1) is 0 Å². The van der Waals surface area contributed by atoms with Crippen LogP contribution >= 0.6 is 11.8 Å². The lowest BCUT2D eigenvalue weighted by atomic mass is 10.1. The standard InChI is InChI=1S/C22H25N3O2S/c1-15-21(26)23-18-13-17(9-10-20(18)28-15)22(27)24-19(14-25-11-5-6-12-25)16-7-3-2-4-8-16/h2-4,7-10,13,15,19H,5-6,11-12,14H2,1H3,(H,23,26)(H,24,27). The summed E-state index contributed by atoms with van der Waals surface area (Å²) in [6, 6.07) is 15.6. The molecule has 2 aliphatic heterocycles. The number of nitrogens with zero attached hydrogens (tertiary/aromatic N) is 1. The number of thioether (sulfide) groups is 1. The third-order valence-electron chi connectivity index (χ3n) is 5.32. The monoisotopic (exact) mass is 395 g/mol. The summed E-state index contributed by atoms with van der Waals surface area (Å²) in [7, 11) is 0. The van der Waals surface area contributed by atoms with E-state index >= 15 is 0 Å². The molecule has 5 nitrogen and oxygen atoms in total. The van der Waals surface area contributed by atoms with Crippen LogP contribution in [0.4, 0.5) is 5.69 Å². The van der Waals surface area contributed by atoms with Crippen LogP contribution < -0.4 is 10.6 Å². The molecule has 2 unspecified atom stereocenters. The van der Waals surface area contributed by atoms with E-state index in [4.69, 9.17) is 0 Å². The Labute approximate surface area is 169 Å². The van der Waals surface area contributed by atoms with Crippen LogP contribution in [0.25, 0.3) is 0 Å². The zero-order valence-corrected chi connectivity index (χ0v) is 16.8. The molecule has 0 radical (unpaired) electrons. The molecular weight excluding hydrogens is 370 g/mol. The molecule has 2 amide bonds. The van der Waals surface area contributed by atoms with E-state index in [9.17, 15) is 9.59 Å². The molecule has 0 saturated carbocycles. The van der Waals surface area contributed by atoms with Crippen molar-refractivity contribution < 1.29 is 9.59 Å². The number of carbonyl (C=O) groups excluding carboxylic acids is 2. The van der Waals surface area contributed by atoms with Gasteiger partial charge in [-0.3, -0.25) is 9.59 Å². The molecule has 0 aromatic heterocycles. The summed E-state index contributed by atoms with van der Waals surface area (Å²) in [5.74, 6) is -0.139. The van der Waals surface area contributed by atoms with Gasteiger partial charge in [-0.2, -0.15) is 0 Å². The minimum absolute atomic E-state index is 0.0220. The van der Waals surface area contributed by atoms with E-state index < -0.39 is 0 Å². The highest BCUT2D eigenvalue weighted by Crippen LogP contribution is 2.36. The fourth-order valence-electron chi connectivity index (χ4n) is 3.73. The molecule has 2 atom stereocenters. The van der Waals surface area contributed by atoms with E-state index in [0.717, 1.165) is 35.8 Å². The number of rotatable bonds is 5. The quantitative estimate of drug-likeness (QED) is 0.811. The van der Waals surface area contributed by atoms with Gasteiger partial charge >= 0.3 is 0 Å². The first-order valence-electron chi connectivity index (χ1n) is 9.80. The summed E-state index contributed by atoms with van der Waals surface area (Å²) < 4.78 is 0. The highest BCUT2D eigenvalue weighted by Gasteiger charge is 2.25. The Morgan fingerprint density at radius 1 is 1.21 bits per heavy atom. The van der Waals surface area contributed by atoms with Gasteiger partial charge in [0.15, 0.2) is 0 Å². The van der Waals surface area contributed by atoms with Crippen LogP contribution in [0.15, 0.2) is 53.4 Å². The normalized spacial score (nSPS) is 20.3. The number of anilines is 1. The Morgan fingerprint density at radius 3 is 2.71 bits per heavy atom. The van der Waals surface area contributed by atoms with Crippen molar-refractivity contribution in [1.29, 1.82) is 0 Å². The number of hydrogen-bond donors (Lipinski definition) is 2. The second kappa shape index (κ2) is 8.37. The Morgan fingerprint density at radius 2 is 1.96 bits per heavy atom. The Hall–Kier alpha value is -2.31. The van der Waals surface area contributed by atoms with E-state index in [2.05, 4.69) is 27.7 Å². The Bertz CT molecular complexity index is 865. The van der Waals surface area contributed by atoms with E-state index in [-0.39, 0.29) is 23.1 Å². The van der Waals surface area contributed by atoms with Crippen LogP contribution in [0.2, 0.25) is 0 Å². The van der Waals surface area contributed by atoms with Crippen molar-refractivity contribution in [1.82, 2.24) is 10.2 Å². The first-order valence-corrected chi connectivity index (χ1v) is 10.7. The Kier molecular flexibility index (Phi) is 5.69. The molecule has 146 valence electrons. The molecule has 0 bridgehead atoms. The second-order valence-electron chi connectivity index (χ2n) is 7.40.